The molecule has 1 aliphatic heterocycles. The van der Waals surface area contributed by atoms with Crippen LogP contribution < -0.4 is 5.32 Å². The van der Waals surface area contributed by atoms with Crippen LogP contribution in [-0.4, -0.2) is 40.5 Å². The Morgan fingerprint density at radius 2 is 1.73 bits per heavy atom. The predicted octanol–water partition coefficient (Wildman–Crippen LogP) is 5.05. The number of rotatable bonds is 6. The molecule has 1 saturated heterocycles. The highest BCUT2D eigenvalue weighted by atomic mass is 16.1. The molecule has 30 heavy (non-hydrogen) atoms. The van der Waals surface area contributed by atoms with Crippen molar-refractivity contribution in [1.82, 2.24) is 14.8 Å². The van der Waals surface area contributed by atoms with Gasteiger partial charge in [-0.25, -0.2) is 0 Å². The first-order valence-electron chi connectivity index (χ1n) is 11.9. The molecule has 4 heteroatoms. The summed E-state index contributed by atoms with van der Waals surface area (Å²) < 4.78 is 2.37. The maximum atomic E-state index is 12.6. The molecule has 4 nitrogen and oxygen atoms in total. The molecule has 2 heterocycles. The highest BCUT2D eigenvalue weighted by Crippen LogP contribution is 2.28. The largest absolute Gasteiger partial charge is 0.352 e. The molecule has 0 bridgehead atoms. The van der Waals surface area contributed by atoms with Gasteiger partial charge < -0.3 is 9.88 Å². The molecule has 1 aromatic carbocycles. The summed E-state index contributed by atoms with van der Waals surface area (Å²) in [5.41, 5.74) is 6.16. The fourth-order valence-corrected chi connectivity index (χ4v) is 5.46. The van der Waals surface area contributed by atoms with Crippen LogP contribution in [0.1, 0.15) is 79.7 Å². The smallest absolute Gasteiger partial charge is 0.251 e. The maximum Gasteiger partial charge on any atom is 0.251 e. The predicted molar refractivity (Wildman–Crippen MR) is 124 cm³/mol. The summed E-state index contributed by atoms with van der Waals surface area (Å²) in [6, 6.07) is 11.8. The van der Waals surface area contributed by atoms with E-state index in [9.17, 15) is 4.79 Å². The van der Waals surface area contributed by atoms with Crippen LogP contribution in [0.3, 0.4) is 0 Å². The summed E-state index contributed by atoms with van der Waals surface area (Å²) in [7, 11) is 0. The number of aryl methyl sites for hydroxylation is 2. The average molecular weight is 408 g/mol. The molecule has 2 aromatic rings. The van der Waals surface area contributed by atoms with E-state index in [4.69, 9.17) is 0 Å². The SMILES string of the molecule is Cc1cc2c(n1-c1ccc(C(=O)NCCCN3[C@H](C)CCC[C@@H]3C)cc1)CCCC2. The van der Waals surface area contributed by atoms with E-state index < -0.39 is 0 Å². The van der Waals surface area contributed by atoms with E-state index >= 15 is 0 Å². The number of hydrogen-bond acceptors (Lipinski definition) is 2. The highest BCUT2D eigenvalue weighted by molar-refractivity contribution is 5.94. The average Bonchev–Trinajstić information content (AvgIpc) is 3.08. The zero-order chi connectivity index (χ0) is 21.1. The molecule has 0 spiro atoms. The number of amides is 1. The number of hydrogen-bond donors (Lipinski definition) is 1. The van der Waals surface area contributed by atoms with Gasteiger partial charge in [0.25, 0.3) is 5.91 Å². The fraction of sp³-hybridized carbons (Fsp3) is 0.577. The molecule has 162 valence electrons. The van der Waals surface area contributed by atoms with E-state index in [1.807, 2.05) is 12.1 Å². The zero-order valence-corrected chi connectivity index (χ0v) is 18.9. The van der Waals surface area contributed by atoms with Crippen LogP contribution in [0.15, 0.2) is 30.3 Å². The van der Waals surface area contributed by atoms with Crippen LogP contribution >= 0.6 is 0 Å². The van der Waals surface area contributed by atoms with Crippen LogP contribution in [0.2, 0.25) is 0 Å². The van der Waals surface area contributed by atoms with Crippen molar-refractivity contribution in [3.63, 3.8) is 0 Å². The van der Waals surface area contributed by atoms with Crippen molar-refractivity contribution in [2.24, 2.45) is 0 Å². The van der Waals surface area contributed by atoms with Gasteiger partial charge in [0.1, 0.15) is 0 Å². The van der Waals surface area contributed by atoms with Gasteiger partial charge >= 0.3 is 0 Å². The van der Waals surface area contributed by atoms with Gasteiger partial charge in [-0.3, -0.25) is 9.69 Å². The Labute approximate surface area is 181 Å². The van der Waals surface area contributed by atoms with Crippen molar-refractivity contribution in [2.45, 2.75) is 84.2 Å². The number of aromatic nitrogens is 1. The van der Waals surface area contributed by atoms with E-state index in [-0.39, 0.29) is 5.91 Å². The third kappa shape index (κ3) is 4.49. The minimum Gasteiger partial charge on any atom is -0.352 e. The van der Waals surface area contributed by atoms with Crippen molar-refractivity contribution < 1.29 is 4.79 Å². The summed E-state index contributed by atoms with van der Waals surface area (Å²) >= 11 is 0. The fourth-order valence-electron chi connectivity index (χ4n) is 5.46. The molecule has 1 N–H and O–H groups in total. The Morgan fingerprint density at radius 3 is 2.47 bits per heavy atom. The molecule has 1 amide bonds. The van der Waals surface area contributed by atoms with Crippen LogP contribution in [0, 0.1) is 6.92 Å². The Kier molecular flexibility index (Phi) is 6.62. The molecule has 2 atom stereocenters. The zero-order valence-electron chi connectivity index (χ0n) is 18.9. The number of fused-ring (bicyclic) bond motifs is 1. The lowest BCUT2D eigenvalue weighted by Crippen LogP contribution is -2.44. The number of nitrogens with zero attached hydrogens (tertiary/aromatic N) is 2. The van der Waals surface area contributed by atoms with E-state index in [1.165, 1.54) is 61.2 Å². The van der Waals surface area contributed by atoms with Crippen molar-refractivity contribution in [1.29, 1.82) is 0 Å². The van der Waals surface area contributed by atoms with Gasteiger partial charge in [0.05, 0.1) is 0 Å². The molecule has 1 aliphatic carbocycles. The molecule has 0 saturated carbocycles. The molecule has 2 aliphatic rings. The van der Waals surface area contributed by atoms with Gasteiger partial charge in [-0.2, -0.15) is 0 Å². The monoisotopic (exact) mass is 407 g/mol. The van der Waals surface area contributed by atoms with Crippen LogP contribution in [-0.2, 0) is 12.8 Å². The van der Waals surface area contributed by atoms with Crippen LogP contribution in [0.4, 0.5) is 0 Å². The van der Waals surface area contributed by atoms with Gasteiger partial charge in [-0.15, -0.1) is 0 Å². The molecule has 4 rings (SSSR count). The first-order chi connectivity index (χ1) is 14.5. The van der Waals surface area contributed by atoms with Gasteiger partial charge in [0.2, 0.25) is 0 Å². The first kappa shape index (κ1) is 21.2. The summed E-state index contributed by atoms with van der Waals surface area (Å²) in [5, 5.41) is 3.11. The quantitative estimate of drug-likeness (QED) is 0.681. The second-order valence-corrected chi connectivity index (χ2v) is 9.32. The van der Waals surface area contributed by atoms with Crippen molar-refractivity contribution in [3.8, 4) is 5.69 Å². The molecule has 0 unspecified atom stereocenters. The second-order valence-electron chi connectivity index (χ2n) is 9.32. The van der Waals surface area contributed by atoms with Gasteiger partial charge in [-0.1, -0.05) is 6.42 Å². The third-order valence-corrected chi connectivity index (χ3v) is 7.13. The molecule has 1 aromatic heterocycles. The normalized spacial score (nSPS) is 22.0. The summed E-state index contributed by atoms with van der Waals surface area (Å²) in [4.78, 5) is 15.2. The number of likely N-dealkylation sites (tertiary alicyclic amines) is 1. The lowest BCUT2D eigenvalue weighted by Gasteiger charge is -2.39. The van der Waals surface area contributed by atoms with Crippen molar-refractivity contribution >= 4 is 5.91 Å². The van der Waals surface area contributed by atoms with E-state index in [0.717, 1.165) is 31.5 Å². The molecular formula is C26H37N3O. The lowest BCUT2D eigenvalue weighted by molar-refractivity contribution is 0.0925. The number of piperidine rings is 1. The lowest BCUT2D eigenvalue weighted by atomic mass is 9.97. The van der Waals surface area contributed by atoms with E-state index in [0.29, 0.717) is 12.1 Å². The van der Waals surface area contributed by atoms with Crippen LogP contribution in [0.5, 0.6) is 0 Å². The summed E-state index contributed by atoms with van der Waals surface area (Å²) in [6.07, 6.45) is 9.86. The maximum absolute atomic E-state index is 12.6. The Hall–Kier alpha value is -2.07. The van der Waals surface area contributed by atoms with Crippen LogP contribution in [0.25, 0.3) is 5.69 Å². The van der Waals surface area contributed by atoms with Gasteiger partial charge in [0.15, 0.2) is 0 Å². The highest BCUT2D eigenvalue weighted by Gasteiger charge is 2.23. The summed E-state index contributed by atoms with van der Waals surface area (Å²) in [5.74, 6) is 0.0348. The van der Waals surface area contributed by atoms with E-state index in [1.54, 1.807) is 0 Å². The van der Waals surface area contributed by atoms with Gasteiger partial charge in [-0.05, 0) is 102 Å². The minimum absolute atomic E-state index is 0.0348. The van der Waals surface area contributed by atoms with E-state index in [2.05, 4.69) is 53.8 Å². The van der Waals surface area contributed by atoms with Gasteiger partial charge in [0, 0.05) is 47.8 Å². The van der Waals surface area contributed by atoms with Crippen molar-refractivity contribution in [2.75, 3.05) is 13.1 Å². The molecule has 0 radical (unpaired) electrons. The summed E-state index contributed by atoms with van der Waals surface area (Å²) in [6.45, 7) is 8.65. The number of carbonyl (C=O) groups is 1. The first-order valence-corrected chi connectivity index (χ1v) is 11.9. The Bertz CT molecular complexity index is 857. The third-order valence-electron chi connectivity index (χ3n) is 7.13. The Balaban J connectivity index is 1.32. The standard InChI is InChI=1S/C26H37N3O/c1-19-8-6-9-20(2)28(19)17-7-16-27-26(30)22-12-14-24(15-13-22)29-21(3)18-23-10-4-5-11-25(23)29/h12-15,18-20H,4-11,16-17H2,1-3H3,(H,27,30)/t19-,20+. The number of nitrogens with one attached hydrogen (secondary N) is 1. The number of carbonyl (C=O) groups excluding carboxylic acids is 1. The number of benzene rings is 1. The second kappa shape index (κ2) is 9.38. The minimum atomic E-state index is 0.0348. The molecule has 1 fully saturated rings. The molecular weight excluding hydrogens is 370 g/mol. The Morgan fingerprint density at radius 1 is 1.03 bits per heavy atom. The topological polar surface area (TPSA) is 37.3 Å². The van der Waals surface area contributed by atoms with Crippen molar-refractivity contribution in [3.05, 3.63) is 52.8 Å².